The maximum Gasteiger partial charge on any atom is 0.326 e. The summed E-state index contributed by atoms with van der Waals surface area (Å²) < 4.78 is 13.0. The average molecular weight is 342 g/mol. The van der Waals surface area contributed by atoms with Gasteiger partial charge in [0.25, 0.3) is 0 Å². The van der Waals surface area contributed by atoms with E-state index in [1.54, 1.807) is 0 Å². The lowest BCUT2D eigenvalue weighted by Gasteiger charge is -2.27. The van der Waals surface area contributed by atoms with Crippen LogP contribution in [0, 0.1) is 5.82 Å². The molecule has 2 atom stereocenters. The summed E-state index contributed by atoms with van der Waals surface area (Å²) in [5, 5.41) is 15.2. The third-order valence-electron chi connectivity index (χ3n) is 4.34. The zero-order valence-electron chi connectivity index (χ0n) is 13.5. The maximum atomic E-state index is 13.0. The number of fused-ring (bicyclic) bond motifs is 1. The number of aliphatic carboxylic acids is 1. The minimum atomic E-state index is -1.12. The van der Waals surface area contributed by atoms with Gasteiger partial charge in [-0.15, -0.1) is 0 Å². The van der Waals surface area contributed by atoms with Gasteiger partial charge in [-0.05, 0) is 35.2 Å². The molecule has 0 fully saturated rings. The summed E-state index contributed by atoms with van der Waals surface area (Å²) in [5.41, 5.74) is 2.61. The van der Waals surface area contributed by atoms with E-state index in [9.17, 15) is 19.1 Å². The second-order valence-corrected chi connectivity index (χ2v) is 6.07. The van der Waals surface area contributed by atoms with Crippen LogP contribution in [0.25, 0.3) is 0 Å². The molecule has 0 saturated carbocycles. The van der Waals surface area contributed by atoms with Gasteiger partial charge in [-0.25, -0.2) is 9.18 Å². The number of rotatable bonds is 5. The fraction of sp³-hybridized carbons (Fsp3) is 0.263. The van der Waals surface area contributed by atoms with Crippen molar-refractivity contribution in [3.05, 3.63) is 71.0 Å². The predicted molar refractivity (Wildman–Crippen MR) is 90.6 cm³/mol. The van der Waals surface area contributed by atoms with E-state index in [0.717, 1.165) is 17.5 Å². The summed E-state index contributed by atoms with van der Waals surface area (Å²) in [6.45, 7) is 0.658. The molecular formula is C19H19FN2O3. The van der Waals surface area contributed by atoms with Crippen molar-refractivity contribution in [2.24, 2.45) is 0 Å². The van der Waals surface area contributed by atoms with Crippen LogP contribution in [0.2, 0.25) is 0 Å². The minimum Gasteiger partial charge on any atom is -0.480 e. The molecule has 0 saturated heterocycles. The molecule has 2 aromatic rings. The Kier molecular flexibility index (Phi) is 5.09. The first-order valence-electron chi connectivity index (χ1n) is 8.13. The summed E-state index contributed by atoms with van der Waals surface area (Å²) in [5.74, 6) is -1.88. The van der Waals surface area contributed by atoms with E-state index in [-0.39, 0.29) is 18.1 Å². The first-order chi connectivity index (χ1) is 12.0. The van der Waals surface area contributed by atoms with Crippen LogP contribution in [-0.2, 0) is 22.4 Å². The molecule has 0 bridgehead atoms. The molecule has 130 valence electrons. The average Bonchev–Trinajstić information content (AvgIpc) is 2.62. The van der Waals surface area contributed by atoms with Gasteiger partial charge in [-0.1, -0.05) is 36.4 Å². The molecule has 6 heteroatoms. The summed E-state index contributed by atoms with van der Waals surface area (Å²) in [4.78, 5) is 24.1. The quantitative estimate of drug-likeness (QED) is 0.775. The zero-order valence-corrected chi connectivity index (χ0v) is 13.5. The Bertz CT molecular complexity index is 776. The lowest BCUT2D eigenvalue weighted by atomic mass is 9.93. The van der Waals surface area contributed by atoms with Gasteiger partial charge in [-0.3, -0.25) is 4.79 Å². The molecule has 1 aliphatic rings. The third-order valence-corrected chi connectivity index (χ3v) is 4.34. The first kappa shape index (κ1) is 17.1. The Morgan fingerprint density at radius 1 is 1.20 bits per heavy atom. The van der Waals surface area contributed by atoms with Gasteiger partial charge in [-0.2, -0.15) is 0 Å². The van der Waals surface area contributed by atoms with Crippen LogP contribution in [-0.4, -0.2) is 29.6 Å². The molecule has 1 unspecified atom stereocenters. The molecule has 0 aliphatic carbocycles. The van der Waals surface area contributed by atoms with Crippen molar-refractivity contribution in [3.8, 4) is 0 Å². The lowest BCUT2D eigenvalue weighted by molar-refractivity contribution is -0.142. The van der Waals surface area contributed by atoms with E-state index in [0.29, 0.717) is 12.1 Å². The predicted octanol–water partition coefficient (Wildman–Crippen LogP) is 1.82. The summed E-state index contributed by atoms with van der Waals surface area (Å²) in [6, 6.07) is 11.6. The zero-order chi connectivity index (χ0) is 17.8. The lowest BCUT2D eigenvalue weighted by Crippen LogP contribution is -2.48. The largest absolute Gasteiger partial charge is 0.480 e. The van der Waals surface area contributed by atoms with Gasteiger partial charge in [0.1, 0.15) is 17.9 Å². The van der Waals surface area contributed by atoms with Crippen LogP contribution >= 0.6 is 0 Å². The number of carbonyl (C=O) groups excluding carboxylic acids is 1. The standard InChI is InChI=1S/C19H19FN2O3/c20-14-7-5-12(6-8-14)11-16(19(24)25)22-18(23)17-15-4-2-1-3-13(15)9-10-21-17/h1-8,16-17,21H,9-11H2,(H,22,23)(H,24,25)/t16-,17?/m0/s1. The summed E-state index contributed by atoms with van der Waals surface area (Å²) in [7, 11) is 0. The number of amides is 1. The molecule has 3 N–H and O–H groups in total. The Balaban J connectivity index is 1.73. The van der Waals surface area contributed by atoms with Crippen molar-refractivity contribution in [2.75, 3.05) is 6.54 Å². The van der Waals surface area contributed by atoms with E-state index in [1.807, 2.05) is 24.3 Å². The van der Waals surface area contributed by atoms with E-state index in [4.69, 9.17) is 0 Å². The smallest absolute Gasteiger partial charge is 0.326 e. The van der Waals surface area contributed by atoms with E-state index in [2.05, 4.69) is 10.6 Å². The Morgan fingerprint density at radius 3 is 2.64 bits per heavy atom. The van der Waals surface area contributed by atoms with E-state index < -0.39 is 18.1 Å². The number of carboxylic acids is 1. The Hall–Kier alpha value is -2.73. The van der Waals surface area contributed by atoms with Crippen LogP contribution in [0.3, 0.4) is 0 Å². The second kappa shape index (κ2) is 7.44. The van der Waals surface area contributed by atoms with Crippen LogP contribution in [0.1, 0.15) is 22.7 Å². The molecular weight excluding hydrogens is 323 g/mol. The monoisotopic (exact) mass is 342 g/mol. The Labute approximate surface area is 144 Å². The third kappa shape index (κ3) is 4.03. The molecule has 0 spiro atoms. The van der Waals surface area contributed by atoms with Crippen molar-refractivity contribution in [1.82, 2.24) is 10.6 Å². The van der Waals surface area contributed by atoms with Crippen molar-refractivity contribution >= 4 is 11.9 Å². The molecule has 1 aliphatic heterocycles. The highest BCUT2D eigenvalue weighted by Crippen LogP contribution is 2.23. The fourth-order valence-corrected chi connectivity index (χ4v) is 3.05. The molecule has 25 heavy (non-hydrogen) atoms. The highest BCUT2D eigenvalue weighted by Gasteiger charge is 2.29. The Morgan fingerprint density at radius 2 is 1.92 bits per heavy atom. The SMILES string of the molecule is O=C(N[C@@H](Cc1ccc(F)cc1)C(=O)O)C1NCCc2ccccc21. The molecule has 5 nitrogen and oxygen atoms in total. The number of halogens is 1. The fourth-order valence-electron chi connectivity index (χ4n) is 3.05. The normalized spacial score (nSPS) is 17.4. The highest BCUT2D eigenvalue weighted by molar-refractivity contribution is 5.88. The van der Waals surface area contributed by atoms with E-state index >= 15 is 0 Å². The first-order valence-corrected chi connectivity index (χ1v) is 8.13. The molecule has 1 amide bonds. The van der Waals surface area contributed by atoms with Crippen LogP contribution in [0.5, 0.6) is 0 Å². The summed E-state index contributed by atoms with van der Waals surface area (Å²) in [6.07, 6.45) is 0.924. The maximum absolute atomic E-state index is 13.0. The number of carboxylic acid groups (broad SMARTS) is 1. The molecule has 1 heterocycles. The van der Waals surface area contributed by atoms with Gasteiger partial charge in [0, 0.05) is 13.0 Å². The van der Waals surface area contributed by atoms with Gasteiger partial charge in [0.15, 0.2) is 0 Å². The number of hydrogen-bond acceptors (Lipinski definition) is 3. The molecule has 0 aromatic heterocycles. The molecule has 0 radical (unpaired) electrons. The van der Waals surface area contributed by atoms with Gasteiger partial charge < -0.3 is 15.7 Å². The van der Waals surface area contributed by atoms with Crippen LogP contribution < -0.4 is 10.6 Å². The van der Waals surface area contributed by atoms with Crippen molar-refractivity contribution < 1.29 is 19.1 Å². The topological polar surface area (TPSA) is 78.4 Å². The van der Waals surface area contributed by atoms with Crippen molar-refractivity contribution in [3.63, 3.8) is 0 Å². The highest BCUT2D eigenvalue weighted by atomic mass is 19.1. The number of benzene rings is 2. The number of hydrogen-bond donors (Lipinski definition) is 3. The van der Waals surface area contributed by atoms with Crippen LogP contribution in [0.15, 0.2) is 48.5 Å². The second-order valence-electron chi connectivity index (χ2n) is 6.07. The van der Waals surface area contributed by atoms with Gasteiger partial charge in [0.2, 0.25) is 5.91 Å². The molecule has 2 aromatic carbocycles. The van der Waals surface area contributed by atoms with Crippen LogP contribution in [0.4, 0.5) is 4.39 Å². The van der Waals surface area contributed by atoms with Crippen molar-refractivity contribution in [2.45, 2.75) is 24.9 Å². The van der Waals surface area contributed by atoms with Crippen molar-refractivity contribution in [1.29, 1.82) is 0 Å². The summed E-state index contributed by atoms with van der Waals surface area (Å²) >= 11 is 0. The number of carbonyl (C=O) groups is 2. The van der Waals surface area contributed by atoms with Gasteiger partial charge in [0.05, 0.1) is 0 Å². The van der Waals surface area contributed by atoms with E-state index in [1.165, 1.54) is 24.3 Å². The minimum absolute atomic E-state index is 0.0930. The molecule has 3 rings (SSSR count). The van der Waals surface area contributed by atoms with Gasteiger partial charge >= 0.3 is 5.97 Å². The number of nitrogens with one attached hydrogen (secondary N) is 2.